The first kappa shape index (κ1) is 17.3. The minimum atomic E-state index is -0.645. The van der Waals surface area contributed by atoms with Gasteiger partial charge < -0.3 is 9.84 Å². The number of carboxylic acid groups (broad SMARTS) is 1. The minimum Gasteiger partial charge on any atom is -0.481 e. The largest absolute Gasteiger partial charge is 0.481 e. The Bertz CT molecular complexity index is 916. The number of rotatable bonds is 7. The lowest BCUT2D eigenvalue weighted by Crippen LogP contribution is -2.00. The molecule has 3 heteroatoms. The molecule has 3 nitrogen and oxygen atoms in total. The first-order valence-electron chi connectivity index (χ1n) is 9.34. The van der Waals surface area contributed by atoms with Gasteiger partial charge in [-0.15, -0.1) is 0 Å². The molecular weight excluding hydrogens is 336 g/mol. The fourth-order valence-corrected chi connectivity index (χ4v) is 3.45. The molecule has 3 aromatic rings. The molecular formula is C24H22O3. The zero-order valence-electron chi connectivity index (χ0n) is 15.0. The highest BCUT2D eigenvalue weighted by atomic mass is 16.5. The summed E-state index contributed by atoms with van der Waals surface area (Å²) in [7, 11) is 0. The van der Waals surface area contributed by atoms with Gasteiger partial charge in [0.25, 0.3) is 0 Å². The quantitative estimate of drug-likeness (QED) is 0.581. The van der Waals surface area contributed by atoms with Crippen LogP contribution in [0.3, 0.4) is 0 Å². The summed E-state index contributed by atoms with van der Waals surface area (Å²) in [5.74, 6) is 1.24. The molecule has 0 unspecified atom stereocenters. The lowest BCUT2D eigenvalue weighted by Gasteiger charge is -2.09. The van der Waals surface area contributed by atoms with Crippen molar-refractivity contribution >= 4 is 5.97 Å². The van der Waals surface area contributed by atoms with Crippen LogP contribution in [0.25, 0.3) is 11.1 Å². The maximum atomic E-state index is 10.9. The Kier molecular flexibility index (Phi) is 4.93. The highest BCUT2D eigenvalue weighted by Gasteiger charge is 2.42. The molecule has 136 valence electrons. The van der Waals surface area contributed by atoms with Crippen LogP contribution in [0.2, 0.25) is 0 Å². The van der Waals surface area contributed by atoms with Crippen LogP contribution in [0.1, 0.15) is 18.4 Å². The van der Waals surface area contributed by atoms with Crippen molar-refractivity contribution in [3.8, 4) is 22.6 Å². The fraction of sp³-hybridized carbons (Fsp3) is 0.208. The zero-order chi connectivity index (χ0) is 18.6. The van der Waals surface area contributed by atoms with Crippen molar-refractivity contribution in [3.05, 3.63) is 84.4 Å². The van der Waals surface area contributed by atoms with E-state index in [1.54, 1.807) is 0 Å². The number of aryl methyl sites for hydroxylation is 1. The van der Waals surface area contributed by atoms with Crippen molar-refractivity contribution < 1.29 is 14.6 Å². The second-order valence-corrected chi connectivity index (χ2v) is 7.12. The van der Waals surface area contributed by atoms with Crippen LogP contribution in [0.4, 0.5) is 0 Å². The van der Waals surface area contributed by atoms with E-state index < -0.39 is 5.97 Å². The Morgan fingerprint density at radius 1 is 0.889 bits per heavy atom. The summed E-state index contributed by atoms with van der Waals surface area (Å²) in [5.41, 5.74) is 3.52. The number of benzene rings is 3. The summed E-state index contributed by atoms with van der Waals surface area (Å²) >= 11 is 0. The number of aliphatic carboxylic acids is 1. The highest BCUT2D eigenvalue weighted by Crippen LogP contribution is 2.42. The van der Waals surface area contributed by atoms with Crippen molar-refractivity contribution in [1.29, 1.82) is 0 Å². The van der Waals surface area contributed by atoms with Gasteiger partial charge in [-0.05, 0) is 66.1 Å². The van der Waals surface area contributed by atoms with E-state index in [1.165, 1.54) is 5.56 Å². The fourth-order valence-electron chi connectivity index (χ4n) is 3.45. The number of hydrogen-bond acceptors (Lipinski definition) is 2. The third-order valence-electron chi connectivity index (χ3n) is 5.14. The van der Waals surface area contributed by atoms with E-state index >= 15 is 0 Å². The molecule has 0 spiro atoms. The van der Waals surface area contributed by atoms with Gasteiger partial charge in [-0.1, -0.05) is 54.6 Å². The third kappa shape index (κ3) is 4.37. The Morgan fingerprint density at radius 2 is 1.63 bits per heavy atom. The second kappa shape index (κ2) is 7.67. The first-order chi connectivity index (χ1) is 13.2. The van der Waals surface area contributed by atoms with Crippen LogP contribution in [0, 0.1) is 11.8 Å². The van der Waals surface area contributed by atoms with Crippen LogP contribution in [0.15, 0.2) is 78.9 Å². The van der Waals surface area contributed by atoms with Gasteiger partial charge in [-0.2, -0.15) is 0 Å². The molecule has 4 rings (SSSR count). The molecule has 2 atom stereocenters. The topological polar surface area (TPSA) is 46.5 Å². The molecule has 0 amide bonds. The van der Waals surface area contributed by atoms with E-state index in [1.807, 2.05) is 48.5 Å². The molecule has 3 aromatic carbocycles. The normalized spacial score (nSPS) is 18.1. The molecule has 1 aliphatic rings. The van der Waals surface area contributed by atoms with E-state index in [9.17, 15) is 4.79 Å². The predicted molar refractivity (Wildman–Crippen MR) is 106 cm³/mol. The van der Waals surface area contributed by atoms with Crippen LogP contribution < -0.4 is 4.74 Å². The third-order valence-corrected chi connectivity index (χ3v) is 5.14. The Hall–Kier alpha value is -3.07. The van der Waals surface area contributed by atoms with Crippen molar-refractivity contribution in [2.24, 2.45) is 11.8 Å². The molecule has 1 saturated carbocycles. The van der Waals surface area contributed by atoms with Crippen LogP contribution in [0.5, 0.6) is 11.5 Å². The molecule has 0 saturated heterocycles. The van der Waals surface area contributed by atoms with Gasteiger partial charge in [-0.25, -0.2) is 0 Å². The average Bonchev–Trinajstić information content (AvgIpc) is 3.48. The number of ether oxygens (including phenoxy) is 1. The number of para-hydroxylation sites is 1. The van der Waals surface area contributed by atoms with Gasteiger partial charge in [0.15, 0.2) is 0 Å². The maximum Gasteiger partial charge on any atom is 0.306 e. The molecule has 0 radical (unpaired) electrons. The summed E-state index contributed by atoms with van der Waals surface area (Å²) in [4.78, 5) is 10.9. The van der Waals surface area contributed by atoms with E-state index in [0.29, 0.717) is 5.92 Å². The molecule has 1 aliphatic carbocycles. The zero-order valence-corrected chi connectivity index (χ0v) is 15.0. The van der Waals surface area contributed by atoms with E-state index in [4.69, 9.17) is 9.84 Å². The number of carboxylic acids is 1. The lowest BCUT2D eigenvalue weighted by atomic mass is 10.0. The molecule has 0 bridgehead atoms. The summed E-state index contributed by atoms with van der Waals surface area (Å²) in [6.45, 7) is 0. The van der Waals surface area contributed by atoms with Gasteiger partial charge in [0, 0.05) is 0 Å². The van der Waals surface area contributed by atoms with Crippen LogP contribution in [-0.2, 0) is 11.2 Å². The molecule has 0 aliphatic heterocycles. The van der Waals surface area contributed by atoms with E-state index in [0.717, 1.165) is 41.9 Å². The molecule has 0 aromatic heterocycles. The predicted octanol–water partition coefficient (Wildman–Crippen LogP) is 5.80. The van der Waals surface area contributed by atoms with Gasteiger partial charge >= 0.3 is 5.97 Å². The monoisotopic (exact) mass is 358 g/mol. The SMILES string of the molecule is O=C(O)[C@@H]1C[C@H]1CCc1ccc(-c2cccc(Oc3ccccc3)c2)cc1. The van der Waals surface area contributed by atoms with Crippen molar-refractivity contribution in [2.45, 2.75) is 19.3 Å². The Labute approximate surface area is 159 Å². The highest BCUT2D eigenvalue weighted by molar-refractivity contribution is 5.73. The summed E-state index contributed by atoms with van der Waals surface area (Å²) in [6.07, 6.45) is 2.73. The van der Waals surface area contributed by atoms with Crippen LogP contribution in [-0.4, -0.2) is 11.1 Å². The second-order valence-electron chi connectivity index (χ2n) is 7.12. The van der Waals surface area contributed by atoms with Gasteiger partial charge in [-0.3, -0.25) is 4.79 Å². The molecule has 27 heavy (non-hydrogen) atoms. The summed E-state index contributed by atoms with van der Waals surface area (Å²) < 4.78 is 5.92. The minimum absolute atomic E-state index is 0.114. The lowest BCUT2D eigenvalue weighted by molar-refractivity contribution is -0.138. The standard InChI is InChI=1S/C24H22O3/c25-24(26)23-16-20(23)14-11-17-9-12-18(13-10-17)19-5-4-8-22(15-19)27-21-6-2-1-3-7-21/h1-10,12-13,15,20,23H,11,14,16H2,(H,25,26)/t20-,23-/m1/s1. The van der Waals surface area contributed by atoms with Crippen molar-refractivity contribution in [2.75, 3.05) is 0 Å². The number of hydrogen-bond donors (Lipinski definition) is 1. The first-order valence-corrected chi connectivity index (χ1v) is 9.34. The Morgan fingerprint density at radius 3 is 2.33 bits per heavy atom. The average molecular weight is 358 g/mol. The Balaban J connectivity index is 1.40. The van der Waals surface area contributed by atoms with Crippen molar-refractivity contribution in [1.82, 2.24) is 0 Å². The molecule has 0 heterocycles. The van der Waals surface area contributed by atoms with Gasteiger partial charge in [0.2, 0.25) is 0 Å². The van der Waals surface area contributed by atoms with E-state index in [-0.39, 0.29) is 5.92 Å². The smallest absolute Gasteiger partial charge is 0.306 e. The van der Waals surface area contributed by atoms with Crippen molar-refractivity contribution in [3.63, 3.8) is 0 Å². The van der Waals surface area contributed by atoms with Crippen LogP contribution >= 0.6 is 0 Å². The van der Waals surface area contributed by atoms with E-state index in [2.05, 4.69) is 30.3 Å². The molecule has 1 fully saturated rings. The van der Waals surface area contributed by atoms with Gasteiger partial charge in [0.05, 0.1) is 5.92 Å². The van der Waals surface area contributed by atoms with Gasteiger partial charge in [0.1, 0.15) is 11.5 Å². The number of carbonyl (C=O) groups is 1. The molecule has 1 N–H and O–H groups in total. The summed E-state index contributed by atoms with van der Waals surface area (Å²) in [6, 6.07) is 26.4. The summed E-state index contributed by atoms with van der Waals surface area (Å²) in [5, 5.41) is 8.99. The maximum absolute atomic E-state index is 10.9.